The fraction of sp³-hybridized carbons (Fsp3) is 0.240. The number of fused-ring (bicyclic) bond motifs is 1. The highest BCUT2D eigenvalue weighted by atomic mass is 32.2. The lowest BCUT2D eigenvalue weighted by Crippen LogP contribution is -2.48. The van der Waals surface area contributed by atoms with Gasteiger partial charge in [0, 0.05) is 49.0 Å². The number of rotatable bonds is 4. The summed E-state index contributed by atoms with van der Waals surface area (Å²) in [6, 6.07) is 13.1. The largest absolute Gasteiger partial charge is 0.418 e. The van der Waals surface area contributed by atoms with Crippen LogP contribution in [0.15, 0.2) is 61.1 Å². The second kappa shape index (κ2) is 9.27. The van der Waals surface area contributed by atoms with Crippen LogP contribution in [0.2, 0.25) is 0 Å². The molecular formula is C25H23F3N6O2S. The molecule has 0 amide bonds. The zero-order valence-electron chi connectivity index (χ0n) is 19.8. The van der Waals surface area contributed by atoms with E-state index in [2.05, 4.69) is 15.0 Å². The van der Waals surface area contributed by atoms with Crippen molar-refractivity contribution >= 4 is 32.4 Å². The topological polar surface area (TPSA) is 105 Å². The van der Waals surface area contributed by atoms with Crippen molar-refractivity contribution in [3.05, 3.63) is 66.6 Å². The van der Waals surface area contributed by atoms with Gasteiger partial charge >= 0.3 is 6.18 Å². The number of halogens is 3. The Bertz CT molecular complexity index is 1590. The monoisotopic (exact) mass is 528 g/mol. The zero-order chi connectivity index (χ0) is 26.4. The molecular weight excluding hydrogens is 505 g/mol. The lowest BCUT2D eigenvalue weighted by atomic mass is 9.99. The average Bonchev–Trinajstić information content (AvgIpc) is 2.87. The molecule has 0 spiro atoms. The van der Waals surface area contributed by atoms with Gasteiger partial charge in [-0.05, 0) is 47.5 Å². The van der Waals surface area contributed by atoms with E-state index in [0.717, 1.165) is 23.4 Å². The molecule has 2 aromatic carbocycles. The van der Waals surface area contributed by atoms with Crippen LogP contribution in [0.5, 0.6) is 0 Å². The first-order valence-electron chi connectivity index (χ1n) is 11.4. The molecule has 1 fully saturated rings. The molecule has 2 aromatic heterocycles. The van der Waals surface area contributed by atoms with Crippen molar-refractivity contribution in [1.29, 1.82) is 0 Å². The number of hydrogen-bond donors (Lipinski definition) is 1. The van der Waals surface area contributed by atoms with Crippen molar-refractivity contribution < 1.29 is 21.6 Å². The minimum atomic E-state index is -4.62. The van der Waals surface area contributed by atoms with Crippen molar-refractivity contribution in [2.75, 3.05) is 43.1 Å². The Kier molecular flexibility index (Phi) is 6.24. The van der Waals surface area contributed by atoms with Crippen LogP contribution in [-0.4, -0.2) is 60.1 Å². The highest BCUT2D eigenvalue weighted by molar-refractivity contribution is 7.88. The molecule has 0 radical (unpaired) electrons. The van der Waals surface area contributed by atoms with Gasteiger partial charge in [0.1, 0.15) is 12.1 Å². The molecule has 0 atom stereocenters. The number of anilines is 2. The predicted molar refractivity (Wildman–Crippen MR) is 136 cm³/mol. The summed E-state index contributed by atoms with van der Waals surface area (Å²) in [5.41, 5.74) is 7.88. The Morgan fingerprint density at radius 1 is 0.865 bits per heavy atom. The van der Waals surface area contributed by atoms with E-state index >= 15 is 0 Å². The summed E-state index contributed by atoms with van der Waals surface area (Å²) < 4.78 is 67.5. The number of nitrogens with zero attached hydrogens (tertiary/aromatic N) is 5. The van der Waals surface area contributed by atoms with E-state index < -0.39 is 21.8 Å². The molecule has 1 aliphatic heterocycles. The van der Waals surface area contributed by atoms with Gasteiger partial charge in [-0.2, -0.15) is 17.5 Å². The van der Waals surface area contributed by atoms with Gasteiger partial charge in [0.25, 0.3) is 0 Å². The normalized spacial score (nSPS) is 15.3. The van der Waals surface area contributed by atoms with Gasteiger partial charge in [0.2, 0.25) is 10.0 Å². The summed E-state index contributed by atoms with van der Waals surface area (Å²) in [5, 5.41) is 0.595. The van der Waals surface area contributed by atoms with Crippen molar-refractivity contribution in [2.24, 2.45) is 0 Å². The lowest BCUT2D eigenvalue weighted by Gasteiger charge is -2.36. The minimum absolute atomic E-state index is 0.00992. The van der Waals surface area contributed by atoms with Crippen LogP contribution in [0.25, 0.3) is 33.3 Å². The van der Waals surface area contributed by atoms with E-state index in [0.29, 0.717) is 28.0 Å². The average molecular weight is 529 g/mol. The van der Waals surface area contributed by atoms with Crippen LogP contribution in [0.4, 0.5) is 24.7 Å². The zero-order valence-corrected chi connectivity index (χ0v) is 20.6. The number of aromatic nitrogens is 3. The molecule has 8 nitrogen and oxygen atoms in total. The third kappa shape index (κ3) is 5.07. The molecule has 2 N–H and O–H groups in total. The van der Waals surface area contributed by atoms with Gasteiger partial charge in [0.15, 0.2) is 0 Å². The summed E-state index contributed by atoms with van der Waals surface area (Å²) in [5.74, 6) is 0.352. The first-order chi connectivity index (χ1) is 17.5. The number of nitrogen functional groups attached to an aromatic ring is 1. The fourth-order valence-corrected chi connectivity index (χ4v) is 5.37. The molecule has 0 aliphatic carbocycles. The van der Waals surface area contributed by atoms with E-state index in [4.69, 9.17) is 5.73 Å². The summed E-state index contributed by atoms with van der Waals surface area (Å²) in [7, 11) is -3.40. The second-order valence-electron chi connectivity index (χ2n) is 8.80. The molecule has 4 aromatic rings. The van der Waals surface area contributed by atoms with E-state index in [-0.39, 0.29) is 31.9 Å². The highest BCUT2D eigenvalue weighted by Crippen LogP contribution is 2.40. The summed E-state index contributed by atoms with van der Waals surface area (Å²) in [6.45, 7) is 0.558. The van der Waals surface area contributed by atoms with Crippen LogP contribution in [0, 0.1) is 0 Å². The van der Waals surface area contributed by atoms with Gasteiger partial charge in [-0.1, -0.05) is 12.1 Å². The summed E-state index contributed by atoms with van der Waals surface area (Å²) in [6.07, 6.45) is -0.615. The van der Waals surface area contributed by atoms with Crippen molar-refractivity contribution in [3.8, 4) is 22.4 Å². The van der Waals surface area contributed by atoms with Gasteiger partial charge in [-0.25, -0.2) is 23.4 Å². The number of piperazine rings is 1. The fourth-order valence-electron chi connectivity index (χ4n) is 4.54. The maximum Gasteiger partial charge on any atom is 0.418 e. The van der Waals surface area contributed by atoms with Gasteiger partial charge in [0.05, 0.1) is 23.0 Å². The smallest absolute Gasteiger partial charge is 0.384 e. The molecule has 3 heterocycles. The number of alkyl halides is 3. The first kappa shape index (κ1) is 24.9. The highest BCUT2D eigenvalue weighted by Gasteiger charge is 2.36. The van der Waals surface area contributed by atoms with E-state index in [1.54, 1.807) is 35.4 Å². The molecule has 0 bridgehead atoms. The molecule has 12 heteroatoms. The van der Waals surface area contributed by atoms with Gasteiger partial charge < -0.3 is 10.6 Å². The van der Waals surface area contributed by atoms with Crippen molar-refractivity contribution in [1.82, 2.24) is 19.3 Å². The third-order valence-electron chi connectivity index (χ3n) is 6.37. The standard InChI is InChI=1S/C25H23F3N6O2S/c1-37(35,36)34-10-8-33(9-11-34)22-5-3-18(13-20(22)25(26,27)28)24-19-12-16(2-4-21(19)31-15-32-24)17-6-7-30-23(29)14-17/h2-7,12-15H,8-11H2,1H3,(H2,29,30). The molecule has 0 unspecified atom stereocenters. The minimum Gasteiger partial charge on any atom is -0.384 e. The number of hydrogen-bond acceptors (Lipinski definition) is 7. The van der Waals surface area contributed by atoms with E-state index in [1.807, 2.05) is 12.1 Å². The van der Waals surface area contributed by atoms with Crippen LogP contribution in [0.3, 0.4) is 0 Å². The number of sulfonamides is 1. The first-order valence-corrected chi connectivity index (χ1v) is 13.2. The lowest BCUT2D eigenvalue weighted by molar-refractivity contribution is -0.137. The summed E-state index contributed by atoms with van der Waals surface area (Å²) in [4.78, 5) is 14.2. The van der Waals surface area contributed by atoms with E-state index in [1.165, 1.54) is 16.7 Å². The Hall–Kier alpha value is -3.77. The van der Waals surface area contributed by atoms with Crippen LogP contribution < -0.4 is 10.6 Å². The maximum atomic E-state index is 14.2. The molecule has 1 aliphatic rings. The number of pyridine rings is 1. The van der Waals surface area contributed by atoms with Crippen molar-refractivity contribution in [2.45, 2.75) is 6.18 Å². The Morgan fingerprint density at radius 3 is 2.24 bits per heavy atom. The van der Waals surface area contributed by atoms with E-state index in [9.17, 15) is 21.6 Å². The van der Waals surface area contributed by atoms with Crippen LogP contribution in [0.1, 0.15) is 5.56 Å². The molecule has 0 saturated carbocycles. The Labute approximate surface area is 211 Å². The number of nitrogens with two attached hydrogens (primary N) is 1. The quantitative estimate of drug-likeness (QED) is 0.426. The van der Waals surface area contributed by atoms with Crippen LogP contribution >= 0.6 is 0 Å². The Balaban J connectivity index is 1.57. The molecule has 5 rings (SSSR count). The molecule has 192 valence electrons. The predicted octanol–water partition coefficient (Wildman–Crippen LogP) is 4.04. The molecule has 37 heavy (non-hydrogen) atoms. The second-order valence-corrected chi connectivity index (χ2v) is 10.8. The van der Waals surface area contributed by atoms with Crippen molar-refractivity contribution in [3.63, 3.8) is 0 Å². The molecule has 1 saturated heterocycles. The third-order valence-corrected chi connectivity index (χ3v) is 7.68. The Morgan fingerprint density at radius 2 is 1.57 bits per heavy atom. The number of benzene rings is 2. The SMILES string of the molecule is CS(=O)(=O)N1CCN(c2ccc(-c3ncnc4ccc(-c5ccnc(N)c5)cc34)cc2C(F)(F)F)CC1. The van der Waals surface area contributed by atoms with Gasteiger partial charge in [-0.3, -0.25) is 0 Å². The van der Waals surface area contributed by atoms with Gasteiger partial charge in [-0.15, -0.1) is 0 Å². The summed E-state index contributed by atoms with van der Waals surface area (Å²) >= 11 is 0. The van der Waals surface area contributed by atoms with Crippen LogP contribution in [-0.2, 0) is 16.2 Å². The maximum absolute atomic E-state index is 14.2.